The van der Waals surface area contributed by atoms with Gasteiger partial charge in [0.15, 0.2) is 0 Å². The minimum atomic E-state index is -0.199. The summed E-state index contributed by atoms with van der Waals surface area (Å²) in [4.78, 5) is 24.4. The van der Waals surface area contributed by atoms with Gasteiger partial charge in [0.1, 0.15) is 12.4 Å². The molecule has 3 N–H and O–H groups in total. The van der Waals surface area contributed by atoms with Gasteiger partial charge in [-0.2, -0.15) is 0 Å². The van der Waals surface area contributed by atoms with E-state index in [1.165, 1.54) is 0 Å². The molecule has 0 saturated heterocycles. The van der Waals surface area contributed by atoms with Crippen molar-refractivity contribution in [2.45, 2.75) is 26.7 Å². The highest BCUT2D eigenvalue weighted by Gasteiger charge is 2.08. The zero-order valence-corrected chi connectivity index (χ0v) is 17.7. The molecular weight excluding hydrogens is 382 g/mol. The quantitative estimate of drug-likeness (QED) is 0.436. The number of ether oxygens (including phenoxy) is 2. The maximum Gasteiger partial charge on any atom is 0.251 e. The van der Waals surface area contributed by atoms with Gasteiger partial charge in [-0.3, -0.25) is 9.59 Å². The van der Waals surface area contributed by atoms with Crippen molar-refractivity contribution in [3.05, 3.63) is 54.1 Å². The van der Waals surface area contributed by atoms with Crippen molar-refractivity contribution in [1.29, 1.82) is 0 Å². The van der Waals surface area contributed by atoms with Crippen molar-refractivity contribution in [3.8, 4) is 5.75 Å². The summed E-state index contributed by atoms with van der Waals surface area (Å²) < 4.78 is 10.8. The Hall–Kier alpha value is -3.06. The molecule has 2 amide bonds. The normalized spacial score (nSPS) is 10.3. The third-order valence-electron chi connectivity index (χ3n) is 4.23. The van der Waals surface area contributed by atoms with Crippen LogP contribution in [0.2, 0.25) is 0 Å². The maximum atomic E-state index is 12.2. The van der Waals surface area contributed by atoms with E-state index in [0.29, 0.717) is 37.6 Å². The lowest BCUT2D eigenvalue weighted by molar-refractivity contribution is -0.114. The van der Waals surface area contributed by atoms with E-state index in [2.05, 4.69) is 22.9 Å². The monoisotopic (exact) mass is 413 g/mol. The molecule has 2 aromatic rings. The summed E-state index contributed by atoms with van der Waals surface area (Å²) in [5.74, 6) is 0.413. The number of rotatable bonds is 13. The molecule has 0 aliphatic carbocycles. The lowest BCUT2D eigenvalue weighted by atomic mass is 10.2. The molecule has 2 rings (SSSR count). The van der Waals surface area contributed by atoms with Crippen molar-refractivity contribution in [1.82, 2.24) is 5.32 Å². The molecule has 0 heterocycles. The Kier molecular flexibility index (Phi) is 10.2. The van der Waals surface area contributed by atoms with E-state index < -0.39 is 0 Å². The topological polar surface area (TPSA) is 88.7 Å². The summed E-state index contributed by atoms with van der Waals surface area (Å²) in [5, 5.41) is 8.74. The fraction of sp³-hybridized carbons (Fsp3) is 0.391. The number of carbonyl (C=O) groups excluding carboxylic acids is 2. The van der Waals surface area contributed by atoms with Crippen LogP contribution in [0.5, 0.6) is 5.75 Å². The van der Waals surface area contributed by atoms with Crippen molar-refractivity contribution < 1.29 is 19.1 Å². The van der Waals surface area contributed by atoms with Crippen LogP contribution in [0.3, 0.4) is 0 Å². The van der Waals surface area contributed by atoms with E-state index >= 15 is 0 Å². The number of anilines is 2. The molecule has 162 valence electrons. The van der Waals surface area contributed by atoms with Crippen LogP contribution >= 0.6 is 0 Å². The number of nitrogens with one attached hydrogen (secondary N) is 3. The van der Waals surface area contributed by atoms with Crippen LogP contribution in [0, 0.1) is 0 Å². The first-order valence-corrected chi connectivity index (χ1v) is 10.3. The molecule has 0 aromatic heterocycles. The van der Waals surface area contributed by atoms with Crippen LogP contribution in [0.25, 0.3) is 0 Å². The fourth-order valence-electron chi connectivity index (χ4n) is 2.64. The second kappa shape index (κ2) is 13.2. The molecule has 0 bridgehead atoms. The van der Waals surface area contributed by atoms with Crippen molar-refractivity contribution >= 4 is 23.2 Å². The molecular formula is C23H31N3O4. The van der Waals surface area contributed by atoms with Gasteiger partial charge in [-0.15, -0.1) is 0 Å². The lowest BCUT2D eigenvalue weighted by Gasteiger charge is -2.10. The number of hydrogen-bond donors (Lipinski definition) is 3. The van der Waals surface area contributed by atoms with Crippen molar-refractivity contribution in [2.24, 2.45) is 0 Å². The summed E-state index contributed by atoms with van der Waals surface area (Å²) in [6.45, 7) is 6.49. The molecule has 30 heavy (non-hydrogen) atoms. The van der Waals surface area contributed by atoms with Gasteiger partial charge in [0.25, 0.3) is 5.91 Å². The molecule has 7 nitrogen and oxygen atoms in total. The second-order valence-corrected chi connectivity index (χ2v) is 6.66. The molecule has 0 atom stereocenters. The highest BCUT2D eigenvalue weighted by molar-refractivity contribution is 5.98. The van der Waals surface area contributed by atoms with E-state index in [4.69, 9.17) is 9.47 Å². The Morgan fingerprint density at radius 3 is 2.50 bits per heavy atom. The Bertz CT molecular complexity index is 793. The Morgan fingerprint density at radius 1 is 0.967 bits per heavy atom. The minimum absolute atomic E-state index is 0.109. The van der Waals surface area contributed by atoms with Gasteiger partial charge in [0.05, 0.1) is 13.2 Å². The molecule has 0 fully saturated rings. The summed E-state index contributed by atoms with van der Waals surface area (Å²) in [6, 6.07) is 14.3. The van der Waals surface area contributed by atoms with Crippen LogP contribution in [-0.4, -0.2) is 44.7 Å². The Labute approximate surface area is 178 Å². The van der Waals surface area contributed by atoms with Crippen LogP contribution in [0.15, 0.2) is 48.5 Å². The van der Waals surface area contributed by atoms with Crippen molar-refractivity contribution in [2.75, 3.05) is 43.5 Å². The molecule has 2 aromatic carbocycles. The summed E-state index contributed by atoms with van der Waals surface area (Å²) in [7, 11) is 0. The third kappa shape index (κ3) is 8.53. The predicted octanol–water partition coefficient (Wildman–Crippen LogP) is 3.68. The van der Waals surface area contributed by atoms with Crippen LogP contribution in [0.1, 0.15) is 37.0 Å². The first-order chi connectivity index (χ1) is 14.6. The molecule has 0 aliphatic rings. The number of unbranched alkanes of at least 4 members (excludes halogenated alkanes) is 1. The first kappa shape index (κ1) is 23.2. The van der Waals surface area contributed by atoms with Crippen LogP contribution in [-0.2, 0) is 9.53 Å². The Balaban J connectivity index is 1.77. The standard InChI is InChI=1S/C23H31N3O4/c1-3-5-13-24-23(28)18-7-6-8-20(16-18)26-22(27)17-25-19-9-11-21(12-10-19)30-15-14-29-4-2/h6-12,16,25H,3-5,13-15,17H2,1-2H3,(H,24,28)(H,26,27). The van der Waals surface area contributed by atoms with Gasteiger partial charge < -0.3 is 25.4 Å². The maximum absolute atomic E-state index is 12.2. The molecule has 0 aliphatic heterocycles. The summed E-state index contributed by atoms with van der Waals surface area (Å²) in [5.41, 5.74) is 1.92. The average molecular weight is 414 g/mol. The fourth-order valence-corrected chi connectivity index (χ4v) is 2.64. The highest BCUT2D eigenvalue weighted by atomic mass is 16.5. The van der Waals surface area contributed by atoms with E-state index in [1.54, 1.807) is 24.3 Å². The van der Waals surface area contributed by atoms with Gasteiger partial charge >= 0.3 is 0 Å². The molecule has 0 saturated carbocycles. The molecule has 7 heteroatoms. The number of carbonyl (C=O) groups is 2. The smallest absolute Gasteiger partial charge is 0.251 e. The lowest BCUT2D eigenvalue weighted by Crippen LogP contribution is -2.25. The van der Waals surface area contributed by atoms with Gasteiger partial charge in [-0.05, 0) is 55.8 Å². The zero-order valence-electron chi connectivity index (χ0n) is 17.7. The predicted molar refractivity (Wildman–Crippen MR) is 119 cm³/mol. The second-order valence-electron chi connectivity index (χ2n) is 6.66. The summed E-state index contributed by atoms with van der Waals surface area (Å²) >= 11 is 0. The number of amides is 2. The van der Waals surface area contributed by atoms with E-state index in [-0.39, 0.29) is 18.4 Å². The zero-order chi connectivity index (χ0) is 21.6. The van der Waals surface area contributed by atoms with Crippen LogP contribution in [0.4, 0.5) is 11.4 Å². The largest absolute Gasteiger partial charge is 0.491 e. The highest BCUT2D eigenvalue weighted by Crippen LogP contribution is 2.16. The van der Waals surface area contributed by atoms with E-state index in [9.17, 15) is 9.59 Å². The Morgan fingerprint density at radius 2 is 1.77 bits per heavy atom. The molecule has 0 unspecified atom stereocenters. The molecule has 0 spiro atoms. The van der Waals surface area contributed by atoms with Crippen LogP contribution < -0.4 is 20.7 Å². The first-order valence-electron chi connectivity index (χ1n) is 10.3. The van der Waals surface area contributed by atoms with E-state index in [1.807, 2.05) is 31.2 Å². The number of hydrogen-bond acceptors (Lipinski definition) is 5. The molecule has 0 radical (unpaired) electrons. The van der Waals surface area contributed by atoms with E-state index in [0.717, 1.165) is 24.3 Å². The average Bonchev–Trinajstić information content (AvgIpc) is 2.76. The van der Waals surface area contributed by atoms with Gasteiger partial charge in [-0.1, -0.05) is 19.4 Å². The van der Waals surface area contributed by atoms with Gasteiger partial charge in [-0.25, -0.2) is 0 Å². The van der Waals surface area contributed by atoms with Crippen molar-refractivity contribution in [3.63, 3.8) is 0 Å². The SMILES string of the molecule is CCCCNC(=O)c1cccc(NC(=O)CNc2ccc(OCCOCC)cc2)c1. The number of benzene rings is 2. The third-order valence-corrected chi connectivity index (χ3v) is 4.23. The summed E-state index contributed by atoms with van der Waals surface area (Å²) in [6.07, 6.45) is 1.96. The van der Waals surface area contributed by atoms with Gasteiger partial charge in [0, 0.05) is 30.1 Å². The van der Waals surface area contributed by atoms with Gasteiger partial charge in [0.2, 0.25) is 5.91 Å². The minimum Gasteiger partial charge on any atom is -0.491 e.